The molecule has 0 radical (unpaired) electrons. The van der Waals surface area contributed by atoms with E-state index in [-0.39, 0.29) is 6.10 Å². The molecule has 0 bridgehead atoms. The van der Waals surface area contributed by atoms with Crippen molar-refractivity contribution in [2.24, 2.45) is 4.99 Å². The Balaban J connectivity index is 1.75. The standard InChI is InChI=1S/C15H26N4OS/c1-3-16-15(17-7-6-14-5-4-10-21-14)18-11-13-12-19(2)8-9-20-13/h4-5,10,13H,3,6-9,11-12H2,1-2H3,(H2,16,17,18). The van der Waals surface area contributed by atoms with Crippen molar-refractivity contribution in [3.05, 3.63) is 22.4 Å². The van der Waals surface area contributed by atoms with Crippen LogP contribution in [0.2, 0.25) is 0 Å². The van der Waals surface area contributed by atoms with Gasteiger partial charge in [-0.2, -0.15) is 0 Å². The monoisotopic (exact) mass is 310 g/mol. The Kier molecular flexibility index (Phi) is 6.99. The number of aliphatic imine (C=N–C) groups is 1. The average molecular weight is 310 g/mol. The third-order valence-electron chi connectivity index (χ3n) is 3.38. The van der Waals surface area contributed by atoms with Crippen molar-refractivity contribution in [1.29, 1.82) is 0 Å². The molecule has 1 aromatic heterocycles. The lowest BCUT2D eigenvalue weighted by atomic mass is 10.3. The average Bonchev–Trinajstić information content (AvgIpc) is 2.98. The first kappa shape index (κ1) is 16.3. The van der Waals surface area contributed by atoms with Gasteiger partial charge in [-0.3, -0.25) is 4.99 Å². The molecule has 2 rings (SSSR count). The van der Waals surface area contributed by atoms with E-state index in [2.05, 4.69) is 52.0 Å². The number of ether oxygens (including phenoxy) is 1. The summed E-state index contributed by atoms with van der Waals surface area (Å²) in [6.45, 7) is 7.34. The topological polar surface area (TPSA) is 48.9 Å². The number of likely N-dealkylation sites (N-methyl/N-ethyl adjacent to an activating group) is 1. The summed E-state index contributed by atoms with van der Waals surface area (Å²) in [5.74, 6) is 0.880. The van der Waals surface area contributed by atoms with Gasteiger partial charge < -0.3 is 20.3 Å². The predicted octanol–water partition coefficient (Wildman–Crippen LogP) is 1.18. The molecule has 1 aliphatic heterocycles. The Morgan fingerprint density at radius 2 is 2.43 bits per heavy atom. The van der Waals surface area contributed by atoms with E-state index < -0.39 is 0 Å². The Bertz CT molecular complexity index is 421. The fourth-order valence-electron chi connectivity index (χ4n) is 2.27. The van der Waals surface area contributed by atoms with E-state index in [0.717, 1.165) is 45.2 Å². The molecule has 1 atom stereocenters. The van der Waals surface area contributed by atoms with Crippen LogP contribution in [0.5, 0.6) is 0 Å². The van der Waals surface area contributed by atoms with E-state index in [4.69, 9.17) is 4.74 Å². The van der Waals surface area contributed by atoms with E-state index in [1.54, 1.807) is 11.3 Å². The first-order valence-electron chi connectivity index (χ1n) is 7.62. The molecule has 0 spiro atoms. The maximum atomic E-state index is 5.74. The lowest BCUT2D eigenvalue weighted by molar-refractivity contribution is -0.0136. The van der Waals surface area contributed by atoms with Crippen LogP contribution < -0.4 is 10.6 Å². The summed E-state index contributed by atoms with van der Waals surface area (Å²) in [7, 11) is 2.13. The first-order chi connectivity index (χ1) is 10.3. The fourth-order valence-corrected chi connectivity index (χ4v) is 2.98. The van der Waals surface area contributed by atoms with E-state index in [1.165, 1.54) is 4.88 Å². The van der Waals surface area contributed by atoms with E-state index in [9.17, 15) is 0 Å². The largest absolute Gasteiger partial charge is 0.374 e. The molecule has 1 aliphatic rings. The lowest BCUT2D eigenvalue weighted by Gasteiger charge is -2.29. The van der Waals surface area contributed by atoms with Crippen LogP contribution >= 0.6 is 11.3 Å². The molecule has 0 amide bonds. The number of morpholine rings is 1. The van der Waals surface area contributed by atoms with Crippen LogP contribution in [0, 0.1) is 0 Å². The van der Waals surface area contributed by atoms with Gasteiger partial charge in [-0.1, -0.05) is 6.07 Å². The SMILES string of the molecule is CCNC(=NCC1CN(C)CCO1)NCCc1cccs1. The zero-order valence-electron chi connectivity index (χ0n) is 13.0. The molecule has 5 nitrogen and oxygen atoms in total. The zero-order valence-corrected chi connectivity index (χ0v) is 13.8. The van der Waals surface area contributed by atoms with Crippen LogP contribution in [0.4, 0.5) is 0 Å². The summed E-state index contributed by atoms with van der Waals surface area (Å²) < 4.78 is 5.74. The third-order valence-corrected chi connectivity index (χ3v) is 4.32. The van der Waals surface area contributed by atoms with E-state index >= 15 is 0 Å². The van der Waals surface area contributed by atoms with Crippen molar-refractivity contribution in [3.8, 4) is 0 Å². The van der Waals surface area contributed by atoms with Crippen LogP contribution in [0.3, 0.4) is 0 Å². The normalized spacial score (nSPS) is 20.5. The smallest absolute Gasteiger partial charge is 0.191 e. The number of thiophene rings is 1. The van der Waals surface area contributed by atoms with Crippen molar-refractivity contribution in [2.75, 3.05) is 46.4 Å². The van der Waals surface area contributed by atoms with E-state index in [1.807, 2.05) is 0 Å². The van der Waals surface area contributed by atoms with Gasteiger partial charge in [0.1, 0.15) is 0 Å². The van der Waals surface area contributed by atoms with Crippen LogP contribution in [-0.2, 0) is 11.2 Å². The van der Waals surface area contributed by atoms with Crippen molar-refractivity contribution < 1.29 is 4.74 Å². The molecule has 1 fully saturated rings. The molecule has 21 heavy (non-hydrogen) atoms. The Morgan fingerprint density at radius 3 is 3.14 bits per heavy atom. The second kappa shape index (κ2) is 9.02. The van der Waals surface area contributed by atoms with Gasteiger partial charge in [0, 0.05) is 31.1 Å². The molecule has 2 N–H and O–H groups in total. The minimum atomic E-state index is 0.205. The number of hydrogen-bond donors (Lipinski definition) is 2. The molecular weight excluding hydrogens is 284 g/mol. The Hall–Kier alpha value is -1.11. The quantitative estimate of drug-likeness (QED) is 0.612. The van der Waals surface area contributed by atoms with Gasteiger partial charge in [-0.15, -0.1) is 11.3 Å². The molecule has 0 saturated carbocycles. The third kappa shape index (κ3) is 6.03. The predicted molar refractivity (Wildman–Crippen MR) is 89.2 cm³/mol. The molecule has 0 aromatic carbocycles. The van der Waals surface area contributed by atoms with Crippen LogP contribution in [0.1, 0.15) is 11.8 Å². The summed E-state index contributed by atoms with van der Waals surface area (Å²) in [5, 5.41) is 8.79. The zero-order chi connectivity index (χ0) is 14.9. The van der Waals surface area contributed by atoms with Gasteiger partial charge in [-0.05, 0) is 31.8 Å². The number of guanidine groups is 1. The van der Waals surface area contributed by atoms with Gasteiger partial charge >= 0.3 is 0 Å². The number of nitrogens with zero attached hydrogens (tertiary/aromatic N) is 2. The van der Waals surface area contributed by atoms with Crippen molar-refractivity contribution in [2.45, 2.75) is 19.4 Å². The molecule has 1 saturated heterocycles. The van der Waals surface area contributed by atoms with Crippen LogP contribution in [0.15, 0.2) is 22.5 Å². The maximum absolute atomic E-state index is 5.74. The van der Waals surface area contributed by atoms with Crippen molar-refractivity contribution in [3.63, 3.8) is 0 Å². The van der Waals surface area contributed by atoms with Gasteiger partial charge in [0.05, 0.1) is 19.3 Å². The minimum absolute atomic E-state index is 0.205. The summed E-state index contributed by atoms with van der Waals surface area (Å²) in [5.41, 5.74) is 0. The number of rotatable bonds is 6. The van der Waals surface area contributed by atoms with Gasteiger partial charge in [0.15, 0.2) is 5.96 Å². The Labute approximate surface area is 131 Å². The first-order valence-corrected chi connectivity index (χ1v) is 8.50. The van der Waals surface area contributed by atoms with E-state index in [0.29, 0.717) is 6.54 Å². The molecule has 1 unspecified atom stereocenters. The van der Waals surface area contributed by atoms with Gasteiger partial charge in [-0.25, -0.2) is 0 Å². The molecule has 0 aliphatic carbocycles. The second-order valence-electron chi connectivity index (χ2n) is 5.23. The van der Waals surface area contributed by atoms with Crippen molar-refractivity contribution >= 4 is 17.3 Å². The van der Waals surface area contributed by atoms with Gasteiger partial charge in [0.25, 0.3) is 0 Å². The second-order valence-corrected chi connectivity index (χ2v) is 6.26. The van der Waals surface area contributed by atoms with Crippen molar-refractivity contribution in [1.82, 2.24) is 15.5 Å². The molecule has 1 aromatic rings. The highest BCUT2D eigenvalue weighted by Gasteiger charge is 2.17. The maximum Gasteiger partial charge on any atom is 0.191 e. The summed E-state index contributed by atoms with van der Waals surface area (Å²) in [6.07, 6.45) is 1.24. The highest BCUT2D eigenvalue weighted by molar-refractivity contribution is 7.09. The highest BCUT2D eigenvalue weighted by atomic mass is 32.1. The molecular formula is C15H26N4OS. The summed E-state index contributed by atoms with van der Waals surface area (Å²) in [4.78, 5) is 8.33. The summed E-state index contributed by atoms with van der Waals surface area (Å²) >= 11 is 1.80. The molecule has 6 heteroatoms. The molecule has 2 heterocycles. The molecule has 118 valence electrons. The highest BCUT2D eigenvalue weighted by Crippen LogP contribution is 2.08. The number of nitrogens with one attached hydrogen (secondary N) is 2. The number of hydrogen-bond acceptors (Lipinski definition) is 4. The van der Waals surface area contributed by atoms with Crippen LogP contribution in [0.25, 0.3) is 0 Å². The van der Waals surface area contributed by atoms with Crippen LogP contribution in [-0.4, -0.2) is 63.3 Å². The minimum Gasteiger partial charge on any atom is -0.374 e. The lowest BCUT2D eigenvalue weighted by Crippen LogP contribution is -2.43. The summed E-state index contributed by atoms with van der Waals surface area (Å²) in [6, 6.07) is 4.26. The Morgan fingerprint density at radius 1 is 1.52 bits per heavy atom. The fraction of sp³-hybridized carbons (Fsp3) is 0.667. The van der Waals surface area contributed by atoms with Gasteiger partial charge in [0.2, 0.25) is 0 Å².